The lowest BCUT2D eigenvalue weighted by atomic mass is 10.2. The maximum atomic E-state index is 11.0. The number of carbonyl (C=O) groups excluding carboxylic acids is 1. The molecule has 19 heavy (non-hydrogen) atoms. The quantitative estimate of drug-likeness (QED) is 0.484. The molecule has 0 heterocycles. The van der Waals surface area contributed by atoms with E-state index < -0.39 is 16.9 Å². The molecule has 2 amide bonds. The van der Waals surface area contributed by atoms with Crippen LogP contribution in [0.5, 0.6) is 0 Å². The minimum absolute atomic E-state index is 0.155. The van der Waals surface area contributed by atoms with Crippen molar-refractivity contribution in [2.75, 3.05) is 0 Å². The third-order valence-electron chi connectivity index (χ3n) is 2.12. The van der Waals surface area contributed by atoms with Crippen LogP contribution in [0.4, 0.5) is 10.5 Å². The van der Waals surface area contributed by atoms with E-state index in [2.05, 4.69) is 12.0 Å². The molecular weight excluding hydrogens is 254 g/mol. The predicted octanol–water partition coefficient (Wildman–Crippen LogP) is 1.29. The Morgan fingerprint density at radius 1 is 1.53 bits per heavy atom. The van der Waals surface area contributed by atoms with Crippen LogP contribution in [-0.2, 0) is 11.3 Å². The molecule has 0 aromatic heterocycles. The number of carbonyl (C=O) groups is 2. The Morgan fingerprint density at radius 3 is 2.74 bits per heavy atom. The summed E-state index contributed by atoms with van der Waals surface area (Å²) in [5.41, 5.74) is 2.29. The maximum absolute atomic E-state index is 11.0. The van der Waals surface area contributed by atoms with E-state index in [-0.39, 0.29) is 12.2 Å². The Balaban J connectivity index is 2.87. The molecule has 2 N–H and O–H groups in total. The van der Waals surface area contributed by atoms with Crippen molar-refractivity contribution in [3.8, 4) is 0 Å². The number of nitrogens with one attached hydrogen (secondary N) is 1. The molecule has 0 saturated carbocycles. The van der Waals surface area contributed by atoms with Crippen molar-refractivity contribution in [3.63, 3.8) is 0 Å². The number of benzene rings is 1. The Labute approximate surface area is 108 Å². The second kappa shape index (κ2) is 6.15. The number of amides is 2. The van der Waals surface area contributed by atoms with Crippen molar-refractivity contribution in [2.45, 2.75) is 6.54 Å². The third kappa shape index (κ3) is 4.11. The van der Waals surface area contributed by atoms with Crippen LogP contribution in [0.2, 0.25) is 0 Å². The van der Waals surface area contributed by atoms with Gasteiger partial charge in [0.2, 0.25) is 0 Å². The summed E-state index contributed by atoms with van der Waals surface area (Å²) < 4.78 is 0. The summed E-state index contributed by atoms with van der Waals surface area (Å²) in [5, 5.41) is 20.1. The normalized spacial score (nSPS) is 9.47. The van der Waals surface area contributed by atoms with Crippen LogP contribution in [0, 0.1) is 10.1 Å². The first kappa shape index (κ1) is 14.2. The molecule has 0 aliphatic carbocycles. The van der Waals surface area contributed by atoms with Crippen LogP contribution in [0.1, 0.15) is 5.56 Å². The first-order valence-corrected chi connectivity index (χ1v) is 5.11. The van der Waals surface area contributed by atoms with Crippen LogP contribution < -0.4 is 5.43 Å². The monoisotopic (exact) mass is 265 g/mol. The smallest absolute Gasteiger partial charge is 0.426 e. The average Bonchev–Trinajstić information content (AvgIpc) is 2.37. The van der Waals surface area contributed by atoms with Gasteiger partial charge in [-0.05, 0) is 11.6 Å². The molecule has 0 aliphatic heterocycles. The molecule has 1 aromatic rings. The van der Waals surface area contributed by atoms with E-state index in [0.717, 1.165) is 6.08 Å². The fourth-order valence-corrected chi connectivity index (χ4v) is 1.28. The van der Waals surface area contributed by atoms with Crippen molar-refractivity contribution in [2.24, 2.45) is 0 Å². The van der Waals surface area contributed by atoms with Gasteiger partial charge in [-0.15, -0.1) is 0 Å². The van der Waals surface area contributed by atoms with Crippen LogP contribution >= 0.6 is 0 Å². The van der Waals surface area contributed by atoms with Gasteiger partial charge in [-0.2, -0.15) is 0 Å². The standard InChI is InChI=1S/C11H11N3O5/c1-2-10(15)12-13(11(16)17)7-8-4-3-5-9(6-8)14(18)19/h2-6H,1,7H2,(H,12,15)(H,16,17). The molecule has 1 aromatic carbocycles. The van der Waals surface area contributed by atoms with Gasteiger partial charge >= 0.3 is 6.09 Å². The minimum atomic E-state index is -1.39. The second-order valence-corrected chi connectivity index (χ2v) is 3.48. The van der Waals surface area contributed by atoms with Crippen LogP contribution in [0.25, 0.3) is 0 Å². The van der Waals surface area contributed by atoms with Crippen molar-refractivity contribution in [1.29, 1.82) is 0 Å². The van der Waals surface area contributed by atoms with Crippen molar-refractivity contribution in [3.05, 3.63) is 52.6 Å². The summed E-state index contributed by atoms with van der Waals surface area (Å²) in [7, 11) is 0. The van der Waals surface area contributed by atoms with Crippen molar-refractivity contribution < 1.29 is 19.6 Å². The summed E-state index contributed by atoms with van der Waals surface area (Å²) in [6.45, 7) is 2.98. The number of hydrazine groups is 1. The van der Waals surface area contributed by atoms with E-state index in [9.17, 15) is 19.7 Å². The second-order valence-electron chi connectivity index (χ2n) is 3.48. The lowest BCUT2D eigenvalue weighted by molar-refractivity contribution is -0.384. The van der Waals surface area contributed by atoms with Gasteiger partial charge in [0.25, 0.3) is 11.6 Å². The molecular formula is C11H11N3O5. The molecule has 100 valence electrons. The van der Waals surface area contributed by atoms with Gasteiger partial charge in [0.15, 0.2) is 0 Å². The third-order valence-corrected chi connectivity index (χ3v) is 2.12. The molecule has 0 spiro atoms. The highest BCUT2D eigenvalue weighted by atomic mass is 16.6. The molecule has 0 atom stereocenters. The number of non-ortho nitro benzene ring substituents is 1. The van der Waals surface area contributed by atoms with E-state index in [1.165, 1.54) is 24.3 Å². The predicted molar refractivity (Wildman–Crippen MR) is 65.0 cm³/mol. The minimum Gasteiger partial charge on any atom is -0.464 e. The Bertz CT molecular complexity index is 529. The molecule has 8 nitrogen and oxygen atoms in total. The number of nitro benzene ring substituents is 1. The van der Waals surface area contributed by atoms with Crippen molar-refractivity contribution >= 4 is 17.7 Å². The lowest BCUT2D eigenvalue weighted by Gasteiger charge is -2.18. The summed E-state index contributed by atoms with van der Waals surface area (Å²) in [6.07, 6.45) is -0.467. The molecule has 0 unspecified atom stereocenters. The molecule has 8 heteroatoms. The SMILES string of the molecule is C=CC(=O)NN(Cc1cccc([N+](=O)[O-])c1)C(=O)O. The van der Waals surface area contributed by atoms with Crippen LogP contribution in [0.3, 0.4) is 0 Å². The molecule has 0 bridgehead atoms. The Morgan fingerprint density at radius 2 is 2.21 bits per heavy atom. The van der Waals surface area contributed by atoms with Gasteiger partial charge in [0.05, 0.1) is 11.5 Å². The fourth-order valence-electron chi connectivity index (χ4n) is 1.28. The molecule has 0 saturated heterocycles. The summed E-state index contributed by atoms with van der Waals surface area (Å²) in [4.78, 5) is 32.0. The molecule has 0 radical (unpaired) electrons. The summed E-state index contributed by atoms with van der Waals surface area (Å²) in [5.74, 6) is -0.687. The van der Waals surface area contributed by atoms with Gasteiger partial charge in [0.1, 0.15) is 0 Å². The average molecular weight is 265 g/mol. The van der Waals surface area contributed by atoms with Gasteiger partial charge < -0.3 is 5.11 Å². The Hall–Kier alpha value is -2.90. The first-order valence-electron chi connectivity index (χ1n) is 5.11. The zero-order valence-corrected chi connectivity index (χ0v) is 9.78. The number of rotatable bonds is 4. The van der Waals surface area contributed by atoms with Gasteiger partial charge in [-0.1, -0.05) is 18.7 Å². The topological polar surface area (TPSA) is 113 Å². The van der Waals surface area contributed by atoms with Crippen LogP contribution in [0.15, 0.2) is 36.9 Å². The summed E-state index contributed by atoms with van der Waals surface area (Å²) >= 11 is 0. The molecule has 0 aliphatic rings. The zero-order valence-electron chi connectivity index (χ0n) is 9.78. The van der Waals surface area contributed by atoms with Crippen LogP contribution in [-0.4, -0.2) is 27.0 Å². The van der Waals surface area contributed by atoms with Crippen molar-refractivity contribution in [1.82, 2.24) is 10.4 Å². The lowest BCUT2D eigenvalue weighted by Crippen LogP contribution is -2.44. The highest BCUT2D eigenvalue weighted by molar-refractivity contribution is 5.87. The number of hydrogen-bond donors (Lipinski definition) is 2. The van der Waals surface area contributed by atoms with E-state index in [1.807, 2.05) is 0 Å². The Kier molecular flexibility index (Phi) is 4.58. The zero-order chi connectivity index (χ0) is 14.4. The van der Waals surface area contributed by atoms with E-state index in [0.29, 0.717) is 10.6 Å². The molecule has 1 rings (SSSR count). The van der Waals surface area contributed by atoms with Gasteiger partial charge in [0, 0.05) is 12.1 Å². The maximum Gasteiger partial charge on any atom is 0.426 e. The number of carboxylic acid groups (broad SMARTS) is 1. The van der Waals surface area contributed by atoms with E-state index in [4.69, 9.17) is 5.11 Å². The van der Waals surface area contributed by atoms with E-state index in [1.54, 1.807) is 0 Å². The fraction of sp³-hybridized carbons (Fsp3) is 0.0909. The molecule has 0 fully saturated rings. The first-order chi connectivity index (χ1) is 8.93. The highest BCUT2D eigenvalue weighted by Crippen LogP contribution is 2.14. The summed E-state index contributed by atoms with van der Waals surface area (Å²) in [6, 6.07) is 5.47. The van der Waals surface area contributed by atoms with Gasteiger partial charge in [-0.3, -0.25) is 20.3 Å². The number of nitro groups is 1. The number of hydrogen-bond acceptors (Lipinski definition) is 4. The van der Waals surface area contributed by atoms with E-state index >= 15 is 0 Å². The van der Waals surface area contributed by atoms with Gasteiger partial charge in [-0.25, -0.2) is 9.80 Å². The highest BCUT2D eigenvalue weighted by Gasteiger charge is 2.15. The number of nitrogens with zero attached hydrogens (tertiary/aromatic N) is 2. The largest absolute Gasteiger partial charge is 0.464 e.